The van der Waals surface area contributed by atoms with Crippen molar-refractivity contribution in [1.82, 2.24) is 20.2 Å². The van der Waals surface area contributed by atoms with Crippen LogP contribution in [-0.2, 0) is 4.84 Å². The first kappa shape index (κ1) is 22.7. The summed E-state index contributed by atoms with van der Waals surface area (Å²) in [4.78, 5) is 35.4. The minimum Gasteiger partial charge on any atom is -0.320 e. The number of halogens is 3. The van der Waals surface area contributed by atoms with Crippen LogP contribution in [0.15, 0.2) is 41.1 Å². The highest BCUT2D eigenvalue weighted by Gasteiger charge is 2.24. The number of anilines is 1. The number of carbonyl (C=O) groups excluding carboxylic acids is 2. The third kappa shape index (κ3) is 5.12. The van der Waals surface area contributed by atoms with Crippen molar-refractivity contribution in [1.29, 1.82) is 0 Å². The average Bonchev–Trinajstić information content (AvgIpc) is 3.49. The largest absolute Gasteiger partial charge is 0.320 e. The lowest BCUT2D eigenvalue weighted by Gasteiger charge is -2.15. The highest BCUT2D eigenvalue weighted by atomic mass is 79.9. The first-order chi connectivity index (χ1) is 15.3. The Morgan fingerprint density at radius 1 is 1.25 bits per heavy atom. The summed E-state index contributed by atoms with van der Waals surface area (Å²) in [6.07, 6.45) is 3.74. The van der Waals surface area contributed by atoms with E-state index in [-0.39, 0.29) is 11.3 Å². The van der Waals surface area contributed by atoms with Crippen LogP contribution in [0.5, 0.6) is 0 Å². The number of hydrogen-bond acceptors (Lipinski definition) is 5. The van der Waals surface area contributed by atoms with Crippen LogP contribution in [0.1, 0.15) is 39.3 Å². The first-order valence-corrected chi connectivity index (χ1v) is 11.3. The predicted molar refractivity (Wildman–Crippen MR) is 124 cm³/mol. The van der Waals surface area contributed by atoms with Crippen LogP contribution in [-0.4, -0.2) is 33.2 Å². The lowest BCUT2D eigenvalue weighted by Crippen LogP contribution is -2.27. The Kier molecular flexibility index (Phi) is 6.80. The number of aryl methyl sites for hydroxylation is 1. The van der Waals surface area contributed by atoms with Crippen LogP contribution in [0, 0.1) is 12.8 Å². The molecule has 1 saturated carbocycles. The lowest BCUT2D eigenvalue weighted by molar-refractivity contribution is 0.0271. The number of carbonyl (C=O) groups is 2. The molecule has 0 atom stereocenters. The van der Waals surface area contributed by atoms with Gasteiger partial charge >= 0.3 is 0 Å². The Labute approximate surface area is 202 Å². The van der Waals surface area contributed by atoms with E-state index in [1.54, 1.807) is 31.3 Å². The Hall–Kier alpha value is -2.46. The van der Waals surface area contributed by atoms with E-state index >= 15 is 0 Å². The SMILES string of the molecule is Cc1cc(Cl)cc(C(=O)NOCC2CC2)c1NC(=O)c1cc(Br)nn1-c1ncccc1Cl. The van der Waals surface area contributed by atoms with E-state index in [4.69, 9.17) is 28.0 Å². The van der Waals surface area contributed by atoms with Gasteiger partial charge in [-0.1, -0.05) is 23.2 Å². The molecule has 2 aromatic heterocycles. The summed E-state index contributed by atoms with van der Waals surface area (Å²) >= 11 is 15.7. The third-order valence-electron chi connectivity index (χ3n) is 4.82. The minimum atomic E-state index is -0.511. The van der Waals surface area contributed by atoms with Crippen LogP contribution in [0.3, 0.4) is 0 Å². The van der Waals surface area contributed by atoms with Crippen LogP contribution in [0.25, 0.3) is 5.82 Å². The van der Waals surface area contributed by atoms with Crippen molar-refractivity contribution >= 4 is 56.6 Å². The number of nitrogens with zero attached hydrogens (tertiary/aromatic N) is 3. The highest BCUT2D eigenvalue weighted by Crippen LogP contribution is 2.29. The second-order valence-electron chi connectivity index (χ2n) is 7.36. The zero-order valence-corrected chi connectivity index (χ0v) is 20.0. The zero-order chi connectivity index (χ0) is 22.8. The molecule has 0 bridgehead atoms. The molecule has 1 aliphatic rings. The molecular weight excluding hydrogens is 521 g/mol. The summed E-state index contributed by atoms with van der Waals surface area (Å²) in [5, 5.41) is 7.75. The molecule has 1 fully saturated rings. The summed E-state index contributed by atoms with van der Waals surface area (Å²) in [7, 11) is 0. The van der Waals surface area contributed by atoms with Gasteiger partial charge in [-0.05, 0) is 71.4 Å². The standard InChI is InChI=1S/C21H18BrCl2N5O3/c1-11-7-13(23)8-14(20(30)28-32-10-12-4-5-12)18(11)26-21(31)16-9-17(22)27-29(16)19-15(24)3-2-6-25-19/h2-3,6-9,12H,4-5,10H2,1H3,(H,26,31)(H,28,30). The Morgan fingerprint density at radius 3 is 2.75 bits per heavy atom. The monoisotopic (exact) mass is 537 g/mol. The van der Waals surface area contributed by atoms with Gasteiger partial charge in [-0.15, -0.1) is 0 Å². The van der Waals surface area contributed by atoms with Gasteiger partial charge < -0.3 is 5.32 Å². The van der Waals surface area contributed by atoms with Crippen molar-refractivity contribution in [3.63, 3.8) is 0 Å². The number of amides is 2. The molecule has 0 unspecified atom stereocenters. The Bertz CT molecular complexity index is 1200. The molecule has 0 spiro atoms. The molecule has 1 aromatic carbocycles. The van der Waals surface area contributed by atoms with Gasteiger partial charge in [-0.25, -0.2) is 15.1 Å². The van der Waals surface area contributed by atoms with E-state index in [2.05, 4.69) is 36.8 Å². The maximum absolute atomic E-state index is 13.2. The molecule has 2 amide bonds. The summed E-state index contributed by atoms with van der Waals surface area (Å²) in [6, 6.07) is 7.99. The molecule has 2 N–H and O–H groups in total. The fourth-order valence-corrected chi connectivity index (χ4v) is 3.89. The highest BCUT2D eigenvalue weighted by molar-refractivity contribution is 9.10. The van der Waals surface area contributed by atoms with Gasteiger partial charge in [0.25, 0.3) is 11.8 Å². The van der Waals surface area contributed by atoms with Crippen molar-refractivity contribution in [3.8, 4) is 5.82 Å². The molecule has 32 heavy (non-hydrogen) atoms. The topological polar surface area (TPSA) is 98.1 Å². The van der Waals surface area contributed by atoms with Gasteiger partial charge in [-0.3, -0.25) is 14.4 Å². The van der Waals surface area contributed by atoms with Crippen molar-refractivity contribution in [3.05, 3.63) is 68.0 Å². The number of hydrogen-bond donors (Lipinski definition) is 2. The maximum Gasteiger partial charge on any atom is 0.277 e. The van der Waals surface area contributed by atoms with E-state index in [0.29, 0.717) is 44.2 Å². The van der Waals surface area contributed by atoms with Gasteiger partial charge in [0.1, 0.15) is 10.3 Å². The summed E-state index contributed by atoms with van der Waals surface area (Å²) in [6.45, 7) is 2.19. The molecule has 4 rings (SSSR count). The Morgan fingerprint density at radius 2 is 2.03 bits per heavy atom. The third-order valence-corrected chi connectivity index (χ3v) is 5.72. The van der Waals surface area contributed by atoms with Crippen molar-refractivity contribution < 1.29 is 14.4 Å². The molecule has 0 radical (unpaired) electrons. The first-order valence-electron chi connectivity index (χ1n) is 9.73. The lowest BCUT2D eigenvalue weighted by atomic mass is 10.1. The normalized spacial score (nSPS) is 13.1. The second-order valence-corrected chi connectivity index (χ2v) is 9.01. The fraction of sp³-hybridized carbons (Fsp3) is 0.238. The molecule has 0 saturated heterocycles. The second kappa shape index (κ2) is 9.58. The van der Waals surface area contributed by atoms with Gasteiger partial charge in [-0.2, -0.15) is 5.10 Å². The van der Waals surface area contributed by atoms with Gasteiger partial charge in [0.15, 0.2) is 5.82 Å². The molecule has 0 aliphatic heterocycles. The quantitative estimate of drug-likeness (QED) is 0.414. The van der Waals surface area contributed by atoms with E-state index in [1.165, 1.54) is 16.8 Å². The van der Waals surface area contributed by atoms with Crippen molar-refractivity contribution in [2.24, 2.45) is 5.92 Å². The van der Waals surface area contributed by atoms with Crippen LogP contribution in [0.4, 0.5) is 5.69 Å². The number of pyridine rings is 1. The number of rotatable bonds is 7. The van der Waals surface area contributed by atoms with Gasteiger partial charge in [0.2, 0.25) is 0 Å². The summed E-state index contributed by atoms with van der Waals surface area (Å²) < 4.78 is 1.74. The molecule has 8 nitrogen and oxygen atoms in total. The molecule has 1 aliphatic carbocycles. The predicted octanol–water partition coefficient (Wildman–Crippen LogP) is 4.97. The summed E-state index contributed by atoms with van der Waals surface area (Å²) in [5.41, 5.74) is 3.69. The average molecular weight is 539 g/mol. The molecular formula is C21H18BrCl2N5O3. The molecule has 166 valence electrons. The van der Waals surface area contributed by atoms with Crippen molar-refractivity contribution in [2.75, 3.05) is 11.9 Å². The number of benzene rings is 1. The van der Waals surface area contributed by atoms with Gasteiger partial charge in [0, 0.05) is 17.3 Å². The minimum absolute atomic E-state index is 0.170. The van der Waals surface area contributed by atoms with E-state index in [0.717, 1.165) is 12.8 Å². The fourth-order valence-electron chi connectivity index (χ4n) is 3.04. The maximum atomic E-state index is 13.2. The van der Waals surface area contributed by atoms with E-state index < -0.39 is 11.8 Å². The van der Waals surface area contributed by atoms with E-state index in [1.807, 2.05) is 0 Å². The zero-order valence-electron chi connectivity index (χ0n) is 16.9. The van der Waals surface area contributed by atoms with Crippen LogP contribution < -0.4 is 10.8 Å². The van der Waals surface area contributed by atoms with E-state index in [9.17, 15) is 9.59 Å². The van der Waals surface area contributed by atoms with Crippen LogP contribution >= 0.6 is 39.1 Å². The molecule has 3 aromatic rings. The van der Waals surface area contributed by atoms with Crippen LogP contribution in [0.2, 0.25) is 10.0 Å². The van der Waals surface area contributed by atoms with Crippen molar-refractivity contribution in [2.45, 2.75) is 19.8 Å². The number of hydroxylamine groups is 1. The summed E-state index contributed by atoms with van der Waals surface area (Å²) in [5.74, 6) is -0.241. The number of nitrogens with one attached hydrogen (secondary N) is 2. The smallest absolute Gasteiger partial charge is 0.277 e. The molecule has 11 heteroatoms. The number of aromatic nitrogens is 3. The molecule has 2 heterocycles. The Balaban J connectivity index is 1.62. The van der Waals surface area contributed by atoms with Gasteiger partial charge in [0.05, 0.1) is 22.9 Å².